The van der Waals surface area contributed by atoms with Crippen LogP contribution in [0.25, 0.3) is 0 Å². The first-order chi connectivity index (χ1) is 7.70. The number of hydrogen-bond donors (Lipinski definition) is 0. The lowest BCUT2D eigenvalue weighted by atomic mass is 10.0. The standard InChI is InChI=1S/C10H6ClF5O/c11-8(9(12,13)10(14,15)16)7-3-1-6(5-17)2-4-7/h1-5,8H. The van der Waals surface area contributed by atoms with E-state index < -0.39 is 23.0 Å². The molecular formula is C10H6ClF5O. The smallest absolute Gasteiger partial charge is 0.298 e. The van der Waals surface area contributed by atoms with Crippen molar-refractivity contribution in [3.63, 3.8) is 0 Å². The molecule has 1 aromatic rings. The van der Waals surface area contributed by atoms with Gasteiger partial charge in [0.05, 0.1) is 0 Å². The molecule has 0 saturated carbocycles. The zero-order chi connectivity index (χ0) is 13.3. The molecule has 0 heterocycles. The summed E-state index contributed by atoms with van der Waals surface area (Å²) in [6.45, 7) is 0. The van der Waals surface area contributed by atoms with E-state index in [9.17, 15) is 26.7 Å². The lowest BCUT2D eigenvalue weighted by molar-refractivity contribution is -0.283. The molecule has 1 aromatic carbocycles. The van der Waals surface area contributed by atoms with Gasteiger partial charge in [-0.15, -0.1) is 11.6 Å². The third-order valence-corrected chi connectivity index (χ3v) is 2.59. The predicted octanol–water partition coefficient (Wildman–Crippen LogP) is 3.98. The van der Waals surface area contributed by atoms with Crippen LogP contribution in [0.15, 0.2) is 24.3 Å². The third kappa shape index (κ3) is 2.74. The maximum Gasteiger partial charge on any atom is 0.455 e. The second-order valence-corrected chi connectivity index (χ2v) is 3.70. The number of alkyl halides is 6. The molecule has 7 heteroatoms. The van der Waals surface area contributed by atoms with E-state index in [1.165, 1.54) is 0 Å². The Morgan fingerprint density at radius 3 is 1.88 bits per heavy atom. The molecule has 0 amide bonds. The molecule has 0 saturated heterocycles. The van der Waals surface area contributed by atoms with Gasteiger partial charge in [-0.1, -0.05) is 24.3 Å². The van der Waals surface area contributed by atoms with E-state index >= 15 is 0 Å². The zero-order valence-corrected chi connectivity index (χ0v) is 8.90. The van der Waals surface area contributed by atoms with Gasteiger partial charge in [0.25, 0.3) is 0 Å². The number of hydrogen-bond acceptors (Lipinski definition) is 1. The molecule has 1 unspecified atom stereocenters. The average Bonchev–Trinajstić information content (AvgIpc) is 2.26. The molecule has 17 heavy (non-hydrogen) atoms. The summed E-state index contributed by atoms with van der Waals surface area (Å²) in [6.07, 6.45) is -5.28. The van der Waals surface area contributed by atoms with E-state index in [4.69, 9.17) is 11.6 Å². The highest BCUT2D eigenvalue weighted by Gasteiger charge is 2.62. The van der Waals surface area contributed by atoms with Crippen molar-refractivity contribution < 1.29 is 26.7 Å². The summed E-state index contributed by atoms with van der Waals surface area (Å²) in [6, 6.07) is 4.15. The molecule has 1 nitrogen and oxygen atoms in total. The third-order valence-electron chi connectivity index (χ3n) is 2.06. The van der Waals surface area contributed by atoms with Crippen LogP contribution in [0.1, 0.15) is 21.3 Å². The molecule has 0 aromatic heterocycles. The predicted molar refractivity (Wildman–Crippen MR) is 51.4 cm³/mol. The summed E-state index contributed by atoms with van der Waals surface area (Å²) in [4.78, 5) is 10.3. The van der Waals surface area contributed by atoms with Crippen LogP contribution in [0.3, 0.4) is 0 Å². The Morgan fingerprint density at radius 1 is 1.06 bits per heavy atom. The summed E-state index contributed by atoms with van der Waals surface area (Å²) in [7, 11) is 0. The molecule has 1 atom stereocenters. The summed E-state index contributed by atoms with van der Waals surface area (Å²) in [5.41, 5.74) is -0.243. The Morgan fingerprint density at radius 2 is 1.53 bits per heavy atom. The van der Waals surface area contributed by atoms with Gasteiger partial charge in [0.2, 0.25) is 0 Å². The van der Waals surface area contributed by atoms with E-state index in [1.807, 2.05) is 0 Å². The maximum absolute atomic E-state index is 12.9. The fourth-order valence-electron chi connectivity index (χ4n) is 1.10. The number of aldehydes is 1. The van der Waals surface area contributed by atoms with Crippen molar-refractivity contribution in [3.8, 4) is 0 Å². The van der Waals surface area contributed by atoms with Crippen molar-refractivity contribution in [3.05, 3.63) is 35.4 Å². The topological polar surface area (TPSA) is 17.1 Å². The normalized spacial score (nSPS) is 14.5. The average molecular weight is 273 g/mol. The van der Waals surface area contributed by atoms with Crippen LogP contribution in [0.5, 0.6) is 0 Å². The van der Waals surface area contributed by atoms with Gasteiger partial charge in [0, 0.05) is 5.56 Å². The molecule has 0 aliphatic carbocycles. The number of halogens is 6. The Hall–Kier alpha value is -1.17. The molecule has 0 aliphatic heterocycles. The Balaban J connectivity index is 3.03. The second-order valence-electron chi connectivity index (χ2n) is 3.27. The van der Waals surface area contributed by atoms with Gasteiger partial charge in [-0.25, -0.2) is 0 Å². The van der Waals surface area contributed by atoms with Gasteiger partial charge in [-0.3, -0.25) is 4.79 Å². The molecule has 0 aliphatic rings. The summed E-state index contributed by atoms with van der Waals surface area (Å²) >= 11 is 5.12. The van der Waals surface area contributed by atoms with Crippen molar-refractivity contribution in [2.75, 3.05) is 0 Å². The minimum atomic E-state index is -5.72. The van der Waals surface area contributed by atoms with Gasteiger partial charge in [-0.2, -0.15) is 22.0 Å². The van der Waals surface area contributed by atoms with Crippen LogP contribution in [-0.4, -0.2) is 18.4 Å². The van der Waals surface area contributed by atoms with Crippen molar-refractivity contribution in [2.45, 2.75) is 17.5 Å². The molecule has 0 radical (unpaired) electrons. The SMILES string of the molecule is O=Cc1ccc(C(Cl)C(F)(F)C(F)(F)F)cc1. The summed E-state index contributed by atoms with van der Waals surface area (Å²) in [5.74, 6) is -5.03. The number of carbonyl (C=O) groups excluding carboxylic acids is 1. The maximum atomic E-state index is 12.9. The Labute approximate surface area is 98.2 Å². The number of benzene rings is 1. The molecule has 0 spiro atoms. The molecule has 1 rings (SSSR count). The highest BCUT2D eigenvalue weighted by Crippen LogP contribution is 2.47. The quantitative estimate of drug-likeness (QED) is 0.462. The van der Waals surface area contributed by atoms with Crippen LogP contribution in [-0.2, 0) is 0 Å². The van der Waals surface area contributed by atoms with E-state index in [2.05, 4.69) is 0 Å². The highest BCUT2D eigenvalue weighted by molar-refractivity contribution is 6.21. The summed E-state index contributed by atoms with van der Waals surface area (Å²) in [5, 5.41) is -2.52. The fraction of sp³-hybridized carbons (Fsp3) is 0.300. The van der Waals surface area contributed by atoms with Crippen LogP contribution >= 0.6 is 11.6 Å². The molecule has 0 bridgehead atoms. The summed E-state index contributed by atoms with van der Waals surface area (Å²) < 4.78 is 61.8. The minimum Gasteiger partial charge on any atom is -0.298 e. The number of rotatable bonds is 3. The van der Waals surface area contributed by atoms with Crippen LogP contribution in [0.2, 0.25) is 0 Å². The van der Waals surface area contributed by atoms with Crippen molar-refractivity contribution in [1.82, 2.24) is 0 Å². The molecule has 0 fully saturated rings. The van der Waals surface area contributed by atoms with Gasteiger partial charge in [0.15, 0.2) is 0 Å². The largest absolute Gasteiger partial charge is 0.455 e. The van der Waals surface area contributed by atoms with Gasteiger partial charge >= 0.3 is 12.1 Å². The first kappa shape index (κ1) is 13.9. The van der Waals surface area contributed by atoms with Crippen molar-refractivity contribution in [1.29, 1.82) is 0 Å². The van der Waals surface area contributed by atoms with Crippen LogP contribution in [0, 0.1) is 0 Å². The zero-order valence-electron chi connectivity index (χ0n) is 8.14. The van der Waals surface area contributed by atoms with E-state index in [0.717, 1.165) is 24.3 Å². The first-order valence-electron chi connectivity index (χ1n) is 4.34. The van der Waals surface area contributed by atoms with E-state index in [0.29, 0.717) is 6.29 Å². The van der Waals surface area contributed by atoms with Gasteiger partial charge in [0.1, 0.15) is 11.7 Å². The van der Waals surface area contributed by atoms with Gasteiger partial charge in [-0.05, 0) is 5.56 Å². The van der Waals surface area contributed by atoms with Crippen LogP contribution in [0.4, 0.5) is 22.0 Å². The molecule has 0 N–H and O–H groups in total. The lowest BCUT2D eigenvalue weighted by Crippen LogP contribution is -2.40. The Kier molecular flexibility index (Phi) is 3.76. The minimum absolute atomic E-state index is 0.160. The van der Waals surface area contributed by atoms with E-state index in [-0.39, 0.29) is 5.56 Å². The first-order valence-corrected chi connectivity index (χ1v) is 4.77. The highest BCUT2D eigenvalue weighted by atomic mass is 35.5. The Bertz CT molecular complexity index is 398. The van der Waals surface area contributed by atoms with Crippen molar-refractivity contribution in [2.24, 2.45) is 0 Å². The van der Waals surface area contributed by atoms with Crippen LogP contribution < -0.4 is 0 Å². The van der Waals surface area contributed by atoms with E-state index in [1.54, 1.807) is 0 Å². The lowest BCUT2D eigenvalue weighted by Gasteiger charge is -2.24. The second kappa shape index (κ2) is 4.60. The number of carbonyl (C=O) groups is 1. The molecule has 94 valence electrons. The molecular weight excluding hydrogens is 267 g/mol. The van der Waals surface area contributed by atoms with Crippen molar-refractivity contribution >= 4 is 17.9 Å². The monoisotopic (exact) mass is 272 g/mol. The fourth-order valence-corrected chi connectivity index (χ4v) is 1.37. The van der Waals surface area contributed by atoms with Gasteiger partial charge < -0.3 is 0 Å².